The van der Waals surface area contributed by atoms with Crippen molar-refractivity contribution in [3.63, 3.8) is 0 Å². The second kappa shape index (κ2) is 9.64. The van der Waals surface area contributed by atoms with Crippen LogP contribution in [0.2, 0.25) is 0 Å². The first-order chi connectivity index (χ1) is 17.0. The lowest BCUT2D eigenvalue weighted by Crippen LogP contribution is -2.09. The highest BCUT2D eigenvalue weighted by Gasteiger charge is 2.09. The molecule has 10 heteroatoms. The highest BCUT2D eigenvalue weighted by atomic mass is 16.6. The number of carbonyl (C=O) groups is 1. The van der Waals surface area contributed by atoms with E-state index >= 15 is 0 Å². The average Bonchev–Trinajstić information content (AvgIpc) is 3.32. The van der Waals surface area contributed by atoms with Crippen molar-refractivity contribution in [3.05, 3.63) is 72.9 Å². The zero-order valence-electron chi connectivity index (χ0n) is 19.1. The number of rotatable bonds is 8. The van der Waals surface area contributed by atoms with Gasteiger partial charge in [-0.15, -0.1) is 0 Å². The first-order valence-electron chi connectivity index (χ1n) is 10.9. The Bertz CT molecular complexity index is 1520. The summed E-state index contributed by atoms with van der Waals surface area (Å²) in [5.41, 5.74) is 3.28. The van der Waals surface area contributed by atoms with Crippen molar-refractivity contribution >= 4 is 34.0 Å². The van der Waals surface area contributed by atoms with Crippen LogP contribution in [-0.2, 0) is 9.53 Å². The third-order valence-electron chi connectivity index (χ3n) is 5.18. The summed E-state index contributed by atoms with van der Waals surface area (Å²) in [4.78, 5) is 23.8. The van der Waals surface area contributed by atoms with E-state index in [1.165, 1.54) is 19.6 Å². The Hall–Kier alpha value is -4.73. The summed E-state index contributed by atoms with van der Waals surface area (Å²) >= 11 is 0. The molecule has 1 N–H and O–H groups in total. The Morgan fingerprint density at radius 1 is 0.971 bits per heavy atom. The molecule has 0 aliphatic heterocycles. The van der Waals surface area contributed by atoms with Crippen molar-refractivity contribution in [2.24, 2.45) is 0 Å². The van der Waals surface area contributed by atoms with Crippen molar-refractivity contribution in [3.8, 4) is 17.2 Å². The Morgan fingerprint density at radius 2 is 1.89 bits per heavy atom. The van der Waals surface area contributed by atoms with Gasteiger partial charge < -0.3 is 19.5 Å². The number of benzene rings is 2. The minimum absolute atomic E-state index is 0.185. The highest BCUT2D eigenvalue weighted by molar-refractivity contribution is 5.91. The smallest absolute Gasteiger partial charge is 0.302 e. The number of aromatic nitrogens is 5. The van der Waals surface area contributed by atoms with Gasteiger partial charge in [0.25, 0.3) is 0 Å². The van der Waals surface area contributed by atoms with Gasteiger partial charge >= 0.3 is 5.97 Å². The van der Waals surface area contributed by atoms with Gasteiger partial charge in [0.15, 0.2) is 5.65 Å². The van der Waals surface area contributed by atoms with E-state index < -0.39 is 0 Å². The zero-order chi connectivity index (χ0) is 24.2. The fraction of sp³-hybridized carbons (Fsp3) is 0.160. The molecule has 5 rings (SSSR count). The normalized spacial score (nSPS) is 10.9. The number of ether oxygens (including phenoxy) is 3. The van der Waals surface area contributed by atoms with Gasteiger partial charge in [0.05, 0.1) is 5.52 Å². The fourth-order valence-corrected chi connectivity index (χ4v) is 3.54. The third kappa shape index (κ3) is 5.11. The number of nitrogens with zero attached hydrogens (tertiary/aromatic N) is 5. The largest absolute Gasteiger partial charge is 0.490 e. The molecule has 0 radical (unpaired) electrons. The quantitative estimate of drug-likeness (QED) is 0.259. The van der Waals surface area contributed by atoms with Crippen LogP contribution in [0.4, 0.5) is 11.5 Å². The van der Waals surface area contributed by atoms with Gasteiger partial charge in [-0.3, -0.25) is 4.79 Å². The number of hydrogen-bond donors (Lipinski definition) is 1. The molecule has 0 spiro atoms. The number of pyridine rings is 1. The van der Waals surface area contributed by atoms with Crippen molar-refractivity contribution in [2.45, 2.75) is 13.8 Å². The van der Waals surface area contributed by atoms with Crippen LogP contribution < -0.4 is 14.8 Å². The van der Waals surface area contributed by atoms with Crippen LogP contribution in [-0.4, -0.2) is 43.7 Å². The standard InChI is InChI=1S/C25H22N6O4/c1-16-11-18(3-6-23(16)35-20-7-8-31-24(13-20)27-15-29-31)30-25-21-12-19(34-10-9-33-17(2)32)4-5-22(21)26-14-28-25/h3-8,11-15H,9-10H2,1-2H3,(H,26,28,30). The minimum atomic E-state index is -0.338. The van der Waals surface area contributed by atoms with Crippen LogP contribution in [0.3, 0.4) is 0 Å². The van der Waals surface area contributed by atoms with Crippen LogP contribution in [0.1, 0.15) is 12.5 Å². The second-order valence-electron chi connectivity index (χ2n) is 7.72. The Kier molecular flexibility index (Phi) is 6.08. The van der Waals surface area contributed by atoms with E-state index in [4.69, 9.17) is 14.2 Å². The number of aryl methyl sites for hydroxylation is 1. The number of nitrogens with one attached hydrogen (secondary N) is 1. The van der Waals surface area contributed by atoms with Crippen LogP contribution in [0.25, 0.3) is 16.6 Å². The van der Waals surface area contributed by atoms with Gasteiger partial charge in [0.1, 0.15) is 48.9 Å². The molecular formula is C25H22N6O4. The van der Waals surface area contributed by atoms with Gasteiger partial charge in [0, 0.05) is 30.3 Å². The topological polar surface area (TPSA) is 113 Å². The summed E-state index contributed by atoms with van der Waals surface area (Å²) in [6, 6.07) is 15.0. The predicted octanol–water partition coefficient (Wildman–Crippen LogP) is 4.46. The SMILES string of the molecule is CC(=O)OCCOc1ccc2ncnc(Nc3ccc(Oc4ccn5ncnc5c4)c(C)c3)c2c1. The molecule has 2 aromatic carbocycles. The van der Waals surface area contributed by atoms with Crippen LogP contribution >= 0.6 is 0 Å². The zero-order valence-corrected chi connectivity index (χ0v) is 19.1. The van der Waals surface area contributed by atoms with E-state index in [0.717, 1.165) is 27.9 Å². The Balaban J connectivity index is 1.32. The lowest BCUT2D eigenvalue weighted by Gasteiger charge is -2.13. The fourth-order valence-electron chi connectivity index (χ4n) is 3.54. The monoisotopic (exact) mass is 470 g/mol. The number of carbonyl (C=O) groups excluding carboxylic acids is 1. The van der Waals surface area contributed by atoms with Crippen LogP contribution in [0.5, 0.6) is 17.2 Å². The van der Waals surface area contributed by atoms with E-state index in [0.29, 0.717) is 23.0 Å². The summed E-state index contributed by atoms with van der Waals surface area (Å²) < 4.78 is 18.3. The summed E-state index contributed by atoms with van der Waals surface area (Å²) in [6.07, 6.45) is 4.81. The third-order valence-corrected chi connectivity index (χ3v) is 5.18. The molecule has 0 saturated heterocycles. The first kappa shape index (κ1) is 22.1. The summed E-state index contributed by atoms with van der Waals surface area (Å²) in [5.74, 6) is 2.35. The molecule has 0 fully saturated rings. The number of fused-ring (bicyclic) bond motifs is 2. The molecule has 0 bridgehead atoms. The van der Waals surface area contributed by atoms with E-state index in [1.54, 1.807) is 10.7 Å². The highest BCUT2D eigenvalue weighted by Crippen LogP contribution is 2.31. The molecule has 0 aliphatic rings. The predicted molar refractivity (Wildman–Crippen MR) is 129 cm³/mol. The van der Waals surface area contributed by atoms with Gasteiger partial charge in [-0.25, -0.2) is 19.5 Å². The van der Waals surface area contributed by atoms with E-state index in [2.05, 4.69) is 25.4 Å². The van der Waals surface area contributed by atoms with Gasteiger partial charge in [-0.05, 0) is 55.0 Å². The molecular weight excluding hydrogens is 448 g/mol. The minimum Gasteiger partial charge on any atom is -0.490 e. The van der Waals surface area contributed by atoms with Crippen LogP contribution in [0, 0.1) is 6.92 Å². The van der Waals surface area contributed by atoms with Crippen molar-refractivity contribution in [2.75, 3.05) is 18.5 Å². The van der Waals surface area contributed by atoms with Gasteiger partial charge in [-0.2, -0.15) is 5.10 Å². The molecule has 0 amide bonds. The number of hydrogen-bond acceptors (Lipinski definition) is 9. The Morgan fingerprint density at radius 3 is 2.74 bits per heavy atom. The van der Waals surface area contributed by atoms with E-state index in [-0.39, 0.29) is 19.2 Å². The summed E-state index contributed by atoms with van der Waals surface area (Å²) in [6.45, 7) is 3.78. The maximum atomic E-state index is 10.9. The lowest BCUT2D eigenvalue weighted by molar-refractivity contribution is -0.141. The molecule has 3 aromatic heterocycles. The molecule has 10 nitrogen and oxygen atoms in total. The van der Waals surface area contributed by atoms with E-state index in [1.807, 2.05) is 55.5 Å². The average molecular weight is 470 g/mol. The summed E-state index contributed by atoms with van der Waals surface area (Å²) in [5, 5.41) is 8.25. The molecule has 3 heterocycles. The Labute approximate surface area is 200 Å². The number of anilines is 2. The molecule has 0 saturated carbocycles. The summed E-state index contributed by atoms with van der Waals surface area (Å²) in [7, 11) is 0. The molecule has 5 aromatic rings. The molecule has 0 aliphatic carbocycles. The van der Waals surface area contributed by atoms with Crippen molar-refractivity contribution < 1.29 is 19.0 Å². The van der Waals surface area contributed by atoms with E-state index in [9.17, 15) is 4.79 Å². The molecule has 0 atom stereocenters. The van der Waals surface area contributed by atoms with Gasteiger partial charge in [0.2, 0.25) is 0 Å². The van der Waals surface area contributed by atoms with Gasteiger partial charge in [-0.1, -0.05) is 0 Å². The van der Waals surface area contributed by atoms with Crippen molar-refractivity contribution in [1.82, 2.24) is 24.6 Å². The van der Waals surface area contributed by atoms with Crippen molar-refractivity contribution in [1.29, 1.82) is 0 Å². The number of esters is 1. The second-order valence-corrected chi connectivity index (χ2v) is 7.72. The maximum absolute atomic E-state index is 10.9. The first-order valence-corrected chi connectivity index (χ1v) is 10.9. The van der Waals surface area contributed by atoms with Crippen LogP contribution in [0.15, 0.2) is 67.4 Å². The molecule has 0 unspecified atom stereocenters. The maximum Gasteiger partial charge on any atom is 0.302 e. The molecule has 176 valence electrons. The lowest BCUT2D eigenvalue weighted by atomic mass is 10.2. The molecule has 35 heavy (non-hydrogen) atoms.